The van der Waals surface area contributed by atoms with Crippen LogP contribution in [0.25, 0.3) is 0 Å². The fourth-order valence-corrected chi connectivity index (χ4v) is 2.44. The van der Waals surface area contributed by atoms with E-state index >= 15 is 0 Å². The van der Waals surface area contributed by atoms with E-state index in [1.54, 1.807) is 13.0 Å². The van der Waals surface area contributed by atoms with Gasteiger partial charge in [0.2, 0.25) is 16.8 Å². The Balaban J connectivity index is 0.00000180. The van der Waals surface area contributed by atoms with E-state index in [0.29, 0.717) is 17.0 Å². The van der Waals surface area contributed by atoms with Crippen molar-refractivity contribution in [1.29, 1.82) is 0 Å². The predicted molar refractivity (Wildman–Crippen MR) is 55.3 cm³/mol. The van der Waals surface area contributed by atoms with Gasteiger partial charge in [0, 0.05) is 0 Å². The van der Waals surface area contributed by atoms with Gasteiger partial charge in [0.25, 0.3) is 0 Å². The van der Waals surface area contributed by atoms with Crippen molar-refractivity contribution in [3.8, 4) is 0 Å². The predicted octanol–water partition coefficient (Wildman–Crippen LogP) is -4.48. The van der Waals surface area contributed by atoms with E-state index in [2.05, 4.69) is 9.60 Å². The molecule has 2 atom stereocenters. The minimum Gasteiger partial charge on any atom is -0.724 e. The van der Waals surface area contributed by atoms with E-state index in [1.165, 1.54) is 4.90 Å². The summed E-state index contributed by atoms with van der Waals surface area (Å²) in [5.41, 5.74) is 0.654. The zero-order chi connectivity index (χ0) is 13.5. The smallest absolute Gasteiger partial charge is 0.724 e. The molecular formula is C8H10N3NaO6S. The third-order valence-corrected chi connectivity index (χ3v) is 3.06. The van der Waals surface area contributed by atoms with Gasteiger partial charge in [-0.2, -0.15) is 9.35 Å². The van der Waals surface area contributed by atoms with Crippen LogP contribution in [0.1, 0.15) is 6.92 Å². The summed E-state index contributed by atoms with van der Waals surface area (Å²) in [6.07, 6.45) is 1.34. The van der Waals surface area contributed by atoms with Gasteiger partial charge in [-0.05, 0) is 12.5 Å². The number of amides is 3. The number of hydroxylamine groups is 2. The molecule has 2 aliphatic heterocycles. The molecule has 11 heteroatoms. The molecule has 0 unspecified atom stereocenters. The third-order valence-electron chi connectivity index (χ3n) is 2.71. The second kappa shape index (κ2) is 5.77. The molecule has 1 fully saturated rings. The van der Waals surface area contributed by atoms with Crippen LogP contribution in [-0.2, 0) is 19.5 Å². The molecule has 3 amide bonds. The van der Waals surface area contributed by atoms with Crippen LogP contribution in [0.2, 0.25) is 0 Å². The minimum atomic E-state index is -5.02. The molecule has 2 aliphatic rings. The molecule has 9 nitrogen and oxygen atoms in total. The maximum absolute atomic E-state index is 11.8. The van der Waals surface area contributed by atoms with Crippen molar-refractivity contribution < 1.29 is 56.4 Å². The van der Waals surface area contributed by atoms with Crippen molar-refractivity contribution in [2.75, 3.05) is 6.54 Å². The van der Waals surface area contributed by atoms with Gasteiger partial charge >= 0.3 is 35.6 Å². The van der Waals surface area contributed by atoms with Crippen LogP contribution in [0.15, 0.2) is 11.6 Å². The summed E-state index contributed by atoms with van der Waals surface area (Å²) in [6, 6.07) is -1.45. The summed E-state index contributed by atoms with van der Waals surface area (Å²) in [5.74, 6) is 0. The molecule has 2 rings (SSSR count). The van der Waals surface area contributed by atoms with Gasteiger partial charge in [0.05, 0.1) is 12.6 Å². The Morgan fingerprint density at radius 2 is 2.21 bits per heavy atom. The fraction of sp³-hybridized carbons (Fsp3) is 0.500. The second-order valence-electron chi connectivity index (χ2n) is 3.91. The van der Waals surface area contributed by atoms with Crippen LogP contribution in [0.4, 0.5) is 4.79 Å². The maximum atomic E-state index is 11.8. The number of hydrogen-bond acceptors (Lipinski definition) is 6. The van der Waals surface area contributed by atoms with E-state index < -0.39 is 28.6 Å². The third kappa shape index (κ3) is 3.27. The Labute approximate surface area is 131 Å². The maximum Gasteiger partial charge on any atom is 1.00 e. The van der Waals surface area contributed by atoms with Gasteiger partial charge in [-0.15, -0.1) is 0 Å². The van der Waals surface area contributed by atoms with Gasteiger partial charge in [0.15, 0.2) is 0 Å². The molecule has 0 aliphatic carbocycles. The van der Waals surface area contributed by atoms with Gasteiger partial charge in [0.1, 0.15) is 6.17 Å². The number of carbonyl (C=O) groups excluding carboxylic acids is 2. The molecule has 0 aromatic rings. The van der Waals surface area contributed by atoms with Crippen LogP contribution >= 0.6 is 0 Å². The average molecular weight is 299 g/mol. The first kappa shape index (κ1) is 16.4. The summed E-state index contributed by atoms with van der Waals surface area (Å²) in [6.45, 7) is 1.81. The molecule has 0 aromatic carbocycles. The fourth-order valence-electron chi connectivity index (χ4n) is 2.07. The quantitative estimate of drug-likeness (QED) is 0.184. The summed E-state index contributed by atoms with van der Waals surface area (Å²) in [5, 5.41) is 2.92. The average Bonchev–Trinajstić information content (AvgIpc) is 2.48. The molecular weight excluding hydrogens is 289 g/mol. The number of carbonyl (C=O) groups is 2. The zero-order valence-electron chi connectivity index (χ0n) is 10.3. The topological polar surface area (TPSA) is 119 Å². The Morgan fingerprint density at radius 3 is 2.74 bits per heavy atom. The molecule has 0 spiro atoms. The summed E-state index contributed by atoms with van der Waals surface area (Å²) in [4.78, 5) is 23.5. The molecule has 0 aromatic heterocycles. The summed E-state index contributed by atoms with van der Waals surface area (Å²) >= 11 is 0. The van der Waals surface area contributed by atoms with Gasteiger partial charge in [-0.25, -0.2) is 13.2 Å². The number of fused-ring (bicyclic) bond motifs is 2. The molecule has 0 saturated carbocycles. The number of rotatable bonds is 4. The largest absolute Gasteiger partial charge is 1.00 e. The zero-order valence-corrected chi connectivity index (χ0v) is 13.1. The molecule has 100 valence electrons. The molecule has 2 heterocycles. The van der Waals surface area contributed by atoms with Crippen molar-refractivity contribution in [2.24, 2.45) is 0 Å². The first-order valence-corrected chi connectivity index (χ1v) is 6.30. The molecule has 1 N–H and O–H groups in total. The Kier molecular flexibility index (Phi) is 4.98. The van der Waals surface area contributed by atoms with E-state index in [4.69, 9.17) is 0 Å². The first-order chi connectivity index (χ1) is 8.33. The van der Waals surface area contributed by atoms with Crippen LogP contribution in [-0.4, -0.2) is 54.1 Å². The SMILES string of the molecule is CC1=C[C@@H]2CN(C(=O)N2OS(=O)(=O)[O-])[C@@H]1NC=O.[Na+]. The number of hydrogen-bond donors (Lipinski definition) is 1. The normalized spacial score (nSPS) is 25.8. The van der Waals surface area contributed by atoms with Crippen molar-refractivity contribution in [3.05, 3.63) is 11.6 Å². The van der Waals surface area contributed by atoms with Crippen molar-refractivity contribution in [3.63, 3.8) is 0 Å². The van der Waals surface area contributed by atoms with Crippen LogP contribution in [0.3, 0.4) is 0 Å². The Bertz CT molecular complexity index is 521. The molecule has 19 heavy (non-hydrogen) atoms. The first-order valence-electron chi connectivity index (χ1n) is 4.97. The van der Waals surface area contributed by atoms with E-state index in [-0.39, 0.29) is 36.1 Å². The van der Waals surface area contributed by atoms with Crippen molar-refractivity contribution in [1.82, 2.24) is 15.3 Å². The van der Waals surface area contributed by atoms with Crippen LogP contribution in [0.5, 0.6) is 0 Å². The van der Waals surface area contributed by atoms with Crippen LogP contribution in [0, 0.1) is 0 Å². The van der Waals surface area contributed by atoms with E-state index in [1.807, 2.05) is 0 Å². The molecule has 0 radical (unpaired) electrons. The van der Waals surface area contributed by atoms with Crippen LogP contribution < -0.4 is 34.9 Å². The molecule has 2 bridgehead atoms. The number of nitrogens with zero attached hydrogens (tertiary/aromatic N) is 2. The number of urea groups is 1. The summed E-state index contributed by atoms with van der Waals surface area (Å²) < 4.78 is 35.7. The standard InChI is InChI=1S/C8H11N3O6S.Na/c1-5-2-6-3-10(7(5)9-4-12)8(13)11(6)17-18(14,15)16;/h2,4,6-7H,3H2,1H3,(H,9,12)(H,14,15,16);/q;+1/p-1/t6-,7+;/m1./s1. The van der Waals surface area contributed by atoms with Gasteiger partial charge in [-0.1, -0.05) is 6.08 Å². The van der Waals surface area contributed by atoms with E-state index in [9.17, 15) is 22.6 Å². The second-order valence-corrected chi connectivity index (χ2v) is 4.87. The number of nitrogens with one attached hydrogen (secondary N) is 1. The van der Waals surface area contributed by atoms with E-state index in [0.717, 1.165) is 0 Å². The Morgan fingerprint density at radius 1 is 1.58 bits per heavy atom. The Hall–Kier alpha value is -0.650. The van der Waals surface area contributed by atoms with Gasteiger partial charge < -0.3 is 9.87 Å². The van der Waals surface area contributed by atoms with Crippen molar-refractivity contribution >= 4 is 22.8 Å². The van der Waals surface area contributed by atoms with Gasteiger partial charge in [-0.3, -0.25) is 9.69 Å². The molecule has 1 saturated heterocycles. The summed E-state index contributed by atoms with van der Waals surface area (Å²) in [7, 11) is -5.02. The minimum absolute atomic E-state index is 0. The monoisotopic (exact) mass is 299 g/mol. The van der Waals surface area contributed by atoms with Crippen molar-refractivity contribution in [2.45, 2.75) is 19.1 Å².